The van der Waals surface area contributed by atoms with Gasteiger partial charge in [-0.1, -0.05) is 22.0 Å². The van der Waals surface area contributed by atoms with Crippen LogP contribution in [0.1, 0.15) is 19.6 Å². The fourth-order valence-corrected chi connectivity index (χ4v) is 3.44. The van der Waals surface area contributed by atoms with Gasteiger partial charge in [0.1, 0.15) is 11.3 Å². The van der Waals surface area contributed by atoms with Crippen LogP contribution in [0.5, 0.6) is 0 Å². The summed E-state index contributed by atoms with van der Waals surface area (Å²) in [7, 11) is 0. The monoisotopic (exact) mass is 447 g/mol. The van der Waals surface area contributed by atoms with E-state index >= 15 is 0 Å². The summed E-state index contributed by atoms with van der Waals surface area (Å²) in [5.41, 5.74) is 0.526. The Morgan fingerprint density at radius 1 is 1.22 bits per heavy atom. The predicted octanol–water partition coefficient (Wildman–Crippen LogP) is 3.72. The number of anilines is 2. The van der Waals surface area contributed by atoms with Crippen molar-refractivity contribution >= 4 is 62.7 Å². The van der Waals surface area contributed by atoms with Crippen molar-refractivity contribution in [3.63, 3.8) is 0 Å². The molecule has 0 aliphatic carbocycles. The van der Waals surface area contributed by atoms with Crippen molar-refractivity contribution in [2.45, 2.75) is 13.8 Å². The first-order valence-electron chi connectivity index (χ1n) is 8.46. The molecule has 1 aromatic carbocycles. The SMILES string of the molecule is CCN(CC)c1ccc(/C=C2/C(=O)NC(=S)N(c3cccc(Br)c3)C2=O)o1. The number of amides is 2. The molecule has 0 atom stereocenters. The van der Waals surface area contributed by atoms with E-state index in [9.17, 15) is 9.59 Å². The number of carbonyl (C=O) groups excluding carboxylic acids is 2. The summed E-state index contributed by atoms with van der Waals surface area (Å²) >= 11 is 8.57. The molecule has 0 spiro atoms. The Labute approximate surface area is 170 Å². The van der Waals surface area contributed by atoms with Crippen LogP contribution in [0.15, 0.2) is 50.9 Å². The van der Waals surface area contributed by atoms with Crippen molar-refractivity contribution in [1.29, 1.82) is 0 Å². The normalized spacial score (nSPS) is 16.0. The second kappa shape index (κ2) is 8.06. The van der Waals surface area contributed by atoms with Gasteiger partial charge in [0.05, 0.1) is 5.69 Å². The molecule has 6 nitrogen and oxygen atoms in total. The average Bonchev–Trinajstić information content (AvgIpc) is 3.08. The van der Waals surface area contributed by atoms with E-state index in [0.29, 0.717) is 17.3 Å². The van der Waals surface area contributed by atoms with Crippen molar-refractivity contribution in [3.8, 4) is 0 Å². The standard InChI is InChI=1S/C19H18BrN3O3S/c1-3-22(4-2)16-9-8-14(26-16)11-15-17(24)21-19(27)23(18(15)25)13-7-5-6-12(20)10-13/h5-11H,3-4H2,1-2H3,(H,21,24,27)/b15-11-. The third-order valence-corrected chi connectivity index (χ3v) is 4.92. The van der Waals surface area contributed by atoms with Gasteiger partial charge in [-0.25, -0.2) is 0 Å². The number of nitrogens with one attached hydrogen (secondary N) is 1. The molecule has 0 saturated carbocycles. The zero-order valence-corrected chi connectivity index (χ0v) is 17.3. The van der Waals surface area contributed by atoms with Crippen LogP contribution in [0.3, 0.4) is 0 Å². The first kappa shape index (κ1) is 19.3. The van der Waals surface area contributed by atoms with Gasteiger partial charge in [0.2, 0.25) is 0 Å². The molecule has 3 rings (SSSR count). The molecule has 0 unspecified atom stereocenters. The lowest BCUT2D eigenvalue weighted by atomic mass is 10.1. The molecular formula is C19H18BrN3O3S. The van der Waals surface area contributed by atoms with E-state index in [-0.39, 0.29) is 10.7 Å². The van der Waals surface area contributed by atoms with Gasteiger partial charge in [0, 0.05) is 23.6 Å². The highest BCUT2D eigenvalue weighted by atomic mass is 79.9. The first-order chi connectivity index (χ1) is 12.9. The minimum atomic E-state index is -0.544. The van der Waals surface area contributed by atoms with Crippen LogP contribution in [0.4, 0.5) is 11.6 Å². The van der Waals surface area contributed by atoms with Gasteiger partial charge in [0.25, 0.3) is 11.8 Å². The molecule has 2 amide bonds. The van der Waals surface area contributed by atoms with E-state index in [2.05, 4.69) is 21.2 Å². The number of nitrogens with zero attached hydrogens (tertiary/aromatic N) is 2. The third kappa shape index (κ3) is 3.96. The zero-order valence-electron chi connectivity index (χ0n) is 14.9. The highest BCUT2D eigenvalue weighted by molar-refractivity contribution is 9.10. The van der Waals surface area contributed by atoms with Crippen molar-refractivity contribution in [3.05, 3.63) is 52.2 Å². The van der Waals surface area contributed by atoms with Gasteiger partial charge in [-0.05, 0) is 56.4 Å². The van der Waals surface area contributed by atoms with Crippen LogP contribution < -0.4 is 15.1 Å². The Morgan fingerprint density at radius 2 is 1.96 bits per heavy atom. The molecule has 0 radical (unpaired) electrons. The molecule has 1 N–H and O–H groups in total. The van der Waals surface area contributed by atoms with Gasteiger partial charge in [0.15, 0.2) is 11.0 Å². The van der Waals surface area contributed by atoms with Crippen molar-refractivity contribution in [2.24, 2.45) is 0 Å². The fourth-order valence-electron chi connectivity index (χ4n) is 2.77. The summed E-state index contributed by atoms with van der Waals surface area (Å²) in [6, 6.07) is 10.7. The second-order valence-corrected chi connectivity index (χ2v) is 7.09. The lowest BCUT2D eigenvalue weighted by Gasteiger charge is -2.28. The Kier molecular flexibility index (Phi) is 5.76. The summed E-state index contributed by atoms with van der Waals surface area (Å²) in [6.45, 7) is 5.65. The number of halogens is 1. The molecule has 1 aliphatic heterocycles. The van der Waals surface area contributed by atoms with Gasteiger partial charge >= 0.3 is 0 Å². The number of furan rings is 1. The Balaban J connectivity index is 1.95. The maximum absolute atomic E-state index is 13.0. The molecule has 1 aromatic heterocycles. The zero-order chi connectivity index (χ0) is 19.6. The number of carbonyl (C=O) groups is 2. The molecule has 2 heterocycles. The van der Waals surface area contributed by atoms with Crippen molar-refractivity contribution in [1.82, 2.24) is 5.32 Å². The van der Waals surface area contributed by atoms with Gasteiger partial charge in [-0.3, -0.25) is 19.8 Å². The molecule has 140 valence electrons. The molecule has 2 aromatic rings. The number of hydrogen-bond acceptors (Lipinski definition) is 5. The molecule has 27 heavy (non-hydrogen) atoms. The quantitative estimate of drug-likeness (QED) is 0.429. The Hall–Kier alpha value is -2.45. The van der Waals surface area contributed by atoms with Crippen molar-refractivity contribution in [2.75, 3.05) is 22.9 Å². The smallest absolute Gasteiger partial charge is 0.270 e. The van der Waals surface area contributed by atoms with Crippen LogP contribution in [0.25, 0.3) is 6.08 Å². The first-order valence-corrected chi connectivity index (χ1v) is 9.66. The maximum atomic E-state index is 13.0. The summed E-state index contributed by atoms with van der Waals surface area (Å²) in [4.78, 5) is 28.6. The third-order valence-electron chi connectivity index (χ3n) is 4.14. The van der Waals surface area contributed by atoms with Crippen LogP contribution in [0, 0.1) is 0 Å². The van der Waals surface area contributed by atoms with E-state index in [1.165, 1.54) is 11.0 Å². The minimum Gasteiger partial charge on any atom is -0.441 e. The molecule has 1 fully saturated rings. The molecular weight excluding hydrogens is 430 g/mol. The van der Waals surface area contributed by atoms with Crippen LogP contribution >= 0.6 is 28.1 Å². The minimum absolute atomic E-state index is 0.0379. The lowest BCUT2D eigenvalue weighted by Crippen LogP contribution is -2.54. The second-order valence-electron chi connectivity index (χ2n) is 5.79. The topological polar surface area (TPSA) is 65.8 Å². The number of hydrogen-bond donors (Lipinski definition) is 1. The number of rotatable bonds is 5. The van der Waals surface area contributed by atoms with E-state index in [1.807, 2.05) is 30.9 Å². The largest absolute Gasteiger partial charge is 0.441 e. The molecule has 1 saturated heterocycles. The summed E-state index contributed by atoms with van der Waals surface area (Å²) < 4.78 is 6.57. The number of thiocarbonyl (C=S) groups is 1. The highest BCUT2D eigenvalue weighted by Crippen LogP contribution is 2.26. The van der Waals surface area contributed by atoms with E-state index < -0.39 is 11.8 Å². The molecule has 0 bridgehead atoms. The predicted molar refractivity (Wildman–Crippen MR) is 113 cm³/mol. The summed E-state index contributed by atoms with van der Waals surface area (Å²) in [5.74, 6) is 0.0759. The lowest BCUT2D eigenvalue weighted by molar-refractivity contribution is -0.122. The molecule has 8 heteroatoms. The molecule has 1 aliphatic rings. The highest BCUT2D eigenvalue weighted by Gasteiger charge is 2.34. The fraction of sp³-hybridized carbons (Fsp3) is 0.211. The average molecular weight is 448 g/mol. The summed E-state index contributed by atoms with van der Waals surface area (Å²) in [6.07, 6.45) is 1.44. The van der Waals surface area contributed by atoms with Gasteiger partial charge in [-0.2, -0.15) is 0 Å². The Bertz CT molecular complexity index is 934. The van der Waals surface area contributed by atoms with Gasteiger partial charge < -0.3 is 9.32 Å². The van der Waals surface area contributed by atoms with Crippen LogP contribution in [0.2, 0.25) is 0 Å². The van der Waals surface area contributed by atoms with E-state index in [4.69, 9.17) is 16.6 Å². The number of benzene rings is 1. The van der Waals surface area contributed by atoms with Crippen LogP contribution in [-0.2, 0) is 9.59 Å². The maximum Gasteiger partial charge on any atom is 0.270 e. The van der Waals surface area contributed by atoms with Crippen molar-refractivity contribution < 1.29 is 14.0 Å². The van der Waals surface area contributed by atoms with E-state index in [1.54, 1.807) is 24.3 Å². The Morgan fingerprint density at radius 3 is 2.63 bits per heavy atom. The van der Waals surface area contributed by atoms with E-state index in [0.717, 1.165) is 17.6 Å². The van der Waals surface area contributed by atoms with Crippen LogP contribution in [-0.4, -0.2) is 30.0 Å². The summed E-state index contributed by atoms with van der Waals surface area (Å²) in [5, 5.41) is 2.61. The van der Waals surface area contributed by atoms with Gasteiger partial charge in [-0.15, -0.1) is 0 Å².